The van der Waals surface area contributed by atoms with Crippen LogP contribution in [0, 0.1) is 5.82 Å². The Morgan fingerprint density at radius 2 is 2.50 bits per heavy atom. The molecule has 1 aromatic heterocycles. The van der Waals surface area contributed by atoms with E-state index in [-0.39, 0.29) is 11.7 Å². The SMILES string of the molecule is [N-]=[N+]=NCC=Cc1cc(F)cnc1Cl. The summed E-state index contributed by atoms with van der Waals surface area (Å²) >= 11 is 5.68. The lowest BCUT2D eigenvalue weighted by Crippen LogP contribution is -1.84. The maximum absolute atomic E-state index is 12.7. The van der Waals surface area contributed by atoms with E-state index >= 15 is 0 Å². The molecular weight excluding hydrogens is 207 g/mol. The number of aromatic nitrogens is 1. The highest BCUT2D eigenvalue weighted by atomic mass is 35.5. The monoisotopic (exact) mass is 212 g/mol. The van der Waals surface area contributed by atoms with Gasteiger partial charge in [-0.3, -0.25) is 0 Å². The van der Waals surface area contributed by atoms with Gasteiger partial charge in [-0.1, -0.05) is 28.9 Å². The van der Waals surface area contributed by atoms with E-state index in [1.807, 2.05) is 0 Å². The molecule has 0 bridgehead atoms. The quantitative estimate of drug-likeness (QED) is 0.328. The zero-order chi connectivity index (χ0) is 10.4. The van der Waals surface area contributed by atoms with Gasteiger partial charge in [-0.05, 0) is 11.6 Å². The summed E-state index contributed by atoms with van der Waals surface area (Å²) in [5.41, 5.74) is 8.45. The summed E-state index contributed by atoms with van der Waals surface area (Å²) in [6.45, 7) is 0.198. The van der Waals surface area contributed by atoms with E-state index < -0.39 is 5.82 Å². The fourth-order valence-corrected chi connectivity index (χ4v) is 0.985. The van der Waals surface area contributed by atoms with Gasteiger partial charge < -0.3 is 0 Å². The molecule has 0 aliphatic heterocycles. The van der Waals surface area contributed by atoms with E-state index in [4.69, 9.17) is 17.1 Å². The smallest absolute Gasteiger partial charge is 0.142 e. The second-order valence-corrected chi connectivity index (χ2v) is 2.71. The fourth-order valence-electron chi connectivity index (χ4n) is 0.818. The maximum Gasteiger partial charge on any atom is 0.142 e. The third-order valence-corrected chi connectivity index (χ3v) is 1.70. The van der Waals surface area contributed by atoms with E-state index in [1.165, 1.54) is 6.07 Å². The zero-order valence-corrected chi connectivity index (χ0v) is 7.82. The minimum absolute atomic E-state index is 0.198. The summed E-state index contributed by atoms with van der Waals surface area (Å²) in [6, 6.07) is 1.25. The predicted molar refractivity (Wildman–Crippen MR) is 52.3 cm³/mol. The molecule has 0 atom stereocenters. The Labute approximate surface area is 84.7 Å². The van der Waals surface area contributed by atoms with Gasteiger partial charge >= 0.3 is 0 Å². The molecule has 4 nitrogen and oxygen atoms in total. The highest BCUT2D eigenvalue weighted by molar-refractivity contribution is 6.30. The van der Waals surface area contributed by atoms with Crippen LogP contribution >= 0.6 is 11.6 Å². The lowest BCUT2D eigenvalue weighted by molar-refractivity contribution is 0.621. The van der Waals surface area contributed by atoms with Gasteiger partial charge in [0.2, 0.25) is 0 Å². The number of hydrogen-bond donors (Lipinski definition) is 0. The van der Waals surface area contributed by atoms with Crippen LogP contribution in [-0.4, -0.2) is 11.5 Å². The molecule has 0 saturated heterocycles. The number of nitrogens with zero attached hydrogens (tertiary/aromatic N) is 4. The summed E-state index contributed by atoms with van der Waals surface area (Å²) in [5.74, 6) is -0.460. The number of hydrogen-bond acceptors (Lipinski definition) is 2. The molecule has 6 heteroatoms. The lowest BCUT2D eigenvalue weighted by Gasteiger charge is -1.95. The molecule has 0 amide bonds. The molecule has 1 rings (SSSR count). The Balaban J connectivity index is 2.79. The van der Waals surface area contributed by atoms with Crippen molar-refractivity contribution in [3.05, 3.63) is 45.3 Å². The topological polar surface area (TPSA) is 61.7 Å². The van der Waals surface area contributed by atoms with Crippen LogP contribution in [-0.2, 0) is 0 Å². The van der Waals surface area contributed by atoms with Gasteiger partial charge in [0, 0.05) is 17.0 Å². The summed E-state index contributed by atoms with van der Waals surface area (Å²) in [6.07, 6.45) is 4.16. The predicted octanol–water partition coefficient (Wildman–Crippen LogP) is 3.20. The highest BCUT2D eigenvalue weighted by Crippen LogP contribution is 2.14. The summed E-state index contributed by atoms with van der Waals surface area (Å²) in [4.78, 5) is 6.17. The second kappa shape index (κ2) is 5.21. The third-order valence-electron chi connectivity index (χ3n) is 1.38. The van der Waals surface area contributed by atoms with Crippen molar-refractivity contribution in [3.8, 4) is 0 Å². The average Bonchev–Trinajstić information content (AvgIpc) is 2.18. The molecule has 1 aromatic rings. The maximum atomic E-state index is 12.7. The molecule has 0 unspecified atom stereocenters. The minimum atomic E-state index is -0.460. The van der Waals surface area contributed by atoms with Crippen LogP contribution in [0.4, 0.5) is 4.39 Å². The Bertz CT molecular complexity index is 398. The van der Waals surface area contributed by atoms with Crippen LogP contribution < -0.4 is 0 Å². The molecule has 1 heterocycles. The second-order valence-electron chi connectivity index (χ2n) is 2.35. The molecular formula is C8H6ClFN4. The first-order valence-electron chi connectivity index (χ1n) is 3.72. The normalized spacial score (nSPS) is 10.1. The van der Waals surface area contributed by atoms with Crippen LogP contribution in [0.1, 0.15) is 5.56 Å². The van der Waals surface area contributed by atoms with Crippen LogP contribution in [0.2, 0.25) is 5.15 Å². The van der Waals surface area contributed by atoms with Crippen LogP contribution in [0.25, 0.3) is 16.5 Å². The molecule has 0 radical (unpaired) electrons. The number of rotatable bonds is 3. The van der Waals surface area contributed by atoms with Crippen molar-refractivity contribution in [1.82, 2.24) is 4.98 Å². The average molecular weight is 213 g/mol. The van der Waals surface area contributed by atoms with Crippen molar-refractivity contribution in [2.24, 2.45) is 5.11 Å². The van der Waals surface area contributed by atoms with E-state index in [0.29, 0.717) is 5.56 Å². The Morgan fingerprint density at radius 3 is 3.21 bits per heavy atom. The fraction of sp³-hybridized carbons (Fsp3) is 0.125. The van der Waals surface area contributed by atoms with Gasteiger partial charge in [0.25, 0.3) is 0 Å². The first kappa shape index (κ1) is 10.5. The van der Waals surface area contributed by atoms with Crippen LogP contribution in [0.5, 0.6) is 0 Å². The van der Waals surface area contributed by atoms with Gasteiger partial charge in [0.05, 0.1) is 6.20 Å². The summed E-state index contributed by atoms with van der Waals surface area (Å²) in [5, 5.41) is 3.49. The van der Waals surface area contributed by atoms with Crippen molar-refractivity contribution >= 4 is 17.7 Å². The van der Waals surface area contributed by atoms with Crippen molar-refractivity contribution in [2.75, 3.05) is 6.54 Å². The van der Waals surface area contributed by atoms with Gasteiger partial charge in [-0.2, -0.15) is 0 Å². The number of pyridine rings is 1. The van der Waals surface area contributed by atoms with Crippen molar-refractivity contribution in [1.29, 1.82) is 0 Å². The molecule has 0 N–H and O–H groups in total. The Hall–Kier alpha value is -1.58. The molecule has 0 saturated carbocycles. The number of azide groups is 1. The van der Waals surface area contributed by atoms with Gasteiger partial charge in [-0.25, -0.2) is 9.37 Å². The van der Waals surface area contributed by atoms with Crippen LogP contribution in [0.15, 0.2) is 23.5 Å². The van der Waals surface area contributed by atoms with Crippen molar-refractivity contribution in [2.45, 2.75) is 0 Å². The summed E-state index contributed by atoms with van der Waals surface area (Å²) in [7, 11) is 0. The molecule has 0 aliphatic carbocycles. The van der Waals surface area contributed by atoms with Crippen molar-refractivity contribution in [3.63, 3.8) is 0 Å². The van der Waals surface area contributed by atoms with E-state index in [1.54, 1.807) is 12.2 Å². The Kier molecular flexibility index (Phi) is 3.91. The van der Waals surface area contributed by atoms with E-state index in [0.717, 1.165) is 6.20 Å². The third kappa shape index (κ3) is 3.05. The highest BCUT2D eigenvalue weighted by Gasteiger charge is 1.98. The van der Waals surface area contributed by atoms with Gasteiger partial charge in [-0.15, -0.1) is 0 Å². The molecule has 14 heavy (non-hydrogen) atoms. The lowest BCUT2D eigenvalue weighted by atomic mass is 10.2. The first-order valence-corrected chi connectivity index (χ1v) is 4.10. The minimum Gasteiger partial charge on any atom is -0.241 e. The molecule has 0 aromatic carbocycles. The van der Waals surface area contributed by atoms with Crippen molar-refractivity contribution < 1.29 is 4.39 Å². The molecule has 0 aliphatic rings. The largest absolute Gasteiger partial charge is 0.241 e. The summed E-state index contributed by atoms with van der Waals surface area (Å²) < 4.78 is 12.7. The first-order chi connectivity index (χ1) is 6.74. The Morgan fingerprint density at radius 1 is 1.71 bits per heavy atom. The molecule has 72 valence electrons. The number of halogens is 2. The van der Waals surface area contributed by atoms with Crippen LogP contribution in [0.3, 0.4) is 0 Å². The van der Waals surface area contributed by atoms with Gasteiger partial charge in [0.15, 0.2) is 0 Å². The molecule has 0 fully saturated rings. The molecule has 0 spiro atoms. The van der Waals surface area contributed by atoms with E-state index in [2.05, 4.69) is 15.0 Å². The standard InChI is InChI=1S/C8H6ClFN4/c9-8-6(2-1-3-13-14-11)4-7(10)5-12-8/h1-2,4-5H,3H2. The van der Waals surface area contributed by atoms with E-state index in [9.17, 15) is 4.39 Å². The van der Waals surface area contributed by atoms with Gasteiger partial charge in [0.1, 0.15) is 11.0 Å². The zero-order valence-electron chi connectivity index (χ0n) is 7.06.